The Hall–Kier alpha value is -1.90. The molecule has 0 aromatic heterocycles. The van der Waals surface area contributed by atoms with Gasteiger partial charge in [0.05, 0.1) is 11.8 Å². The summed E-state index contributed by atoms with van der Waals surface area (Å²) < 4.78 is 37.0. The first kappa shape index (κ1) is 16.0. The molecule has 10 heteroatoms. The average Bonchev–Trinajstić information content (AvgIpc) is 2.86. The summed E-state index contributed by atoms with van der Waals surface area (Å²) in [7, 11) is 0. The zero-order valence-electron chi connectivity index (χ0n) is 11.3. The molecule has 0 amide bonds. The number of alkyl halides is 3. The van der Waals surface area contributed by atoms with Crippen molar-refractivity contribution < 1.29 is 17.3 Å². The largest absolute Gasteiger partial charge is 0.405 e. The third-order valence-corrected chi connectivity index (χ3v) is 3.87. The average molecular weight is 363 g/mol. The zero-order chi connectivity index (χ0) is 16.7. The minimum absolute atomic E-state index is 0.0143. The Labute approximate surface area is 139 Å². The van der Waals surface area contributed by atoms with Gasteiger partial charge in [-0.25, -0.2) is 0 Å². The molecule has 23 heavy (non-hydrogen) atoms. The van der Waals surface area contributed by atoms with Gasteiger partial charge in [-0.3, -0.25) is 0 Å². The summed E-state index contributed by atoms with van der Waals surface area (Å²) in [5.41, 5.74) is 0.801. The van der Waals surface area contributed by atoms with Crippen LogP contribution in [0.25, 0.3) is 5.57 Å². The molecule has 0 saturated heterocycles. The molecule has 5 nitrogen and oxygen atoms in total. The van der Waals surface area contributed by atoms with Crippen molar-refractivity contribution in [1.82, 2.24) is 5.32 Å². The van der Waals surface area contributed by atoms with Crippen molar-refractivity contribution >= 4 is 47.5 Å². The molecule has 1 aromatic carbocycles. The highest BCUT2D eigenvalue weighted by molar-refractivity contribution is 6.34. The number of quaternary nitrogens is 1. The van der Waals surface area contributed by atoms with Gasteiger partial charge in [0.25, 0.3) is 5.82 Å². The fourth-order valence-corrected chi connectivity index (χ4v) is 2.66. The van der Waals surface area contributed by atoms with Crippen LogP contribution in [0.1, 0.15) is 5.56 Å². The van der Waals surface area contributed by atoms with Crippen molar-refractivity contribution in [2.45, 2.75) is 6.18 Å². The first-order chi connectivity index (χ1) is 10.8. The molecule has 120 valence electrons. The number of hydrogen-bond acceptors (Lipinski definition) is 4. The minimum Gasteiger partial charge on any atom is -0.328 e. The van der Waals surface area contributed by atoms with E-state index >= 15 is 0 Å². The second-order valence-corrected chi connectivity index (χ2v) is 5.58. The summed E-state index contributed by atoms with van der Waals surface area (Å²) in [6.07, 6.45) is -1.92. The molecule has 2 heterocycles. The second-order valence-electron chi connectivity index (χ2n) is 4.69. The van der Waals surface area contributed by atoms with E-state index in [1.807, 2.05) is 0 Å². The van der Waals surface area contributed by atoms with Gasteiger partial charge < -0.3 is 5.32 Å². The molecule has 0 spiro atoms. The van der Waals surface area contributed by atoms with Gasteiger partial charge in [0.1, 0.15) is 6.54 Å². The highest BCUT2D eigenvalue weighted by Gasteiger charge is 2.48. The maximum atomic E-state index is 12.6. The number of aliphatic imine (C=N–C) groups is 2. The summed E-state index contributed by atoms with van der Waals surface area (Å²) in [4.78, 5) is 7.91. The topological polar surface area (TPSA) is 49.1 Å². The molecule has 1 N–H and O–H groups in total. The fourth-order valence-electron chi connectivity index (χ4n) is 2.15. The third-order valence-electron chi connectivity index (χ3n) is 3.13. The van der Waals surface area contributed by atoms with Crippen LogP contribution in [0.3, 0.4) is 0 Å². The molecule has 1 unspecified atom stereocenters. The molecule has 1 atom stereocenters. The number of nitrogens with zero attached hydrogens (tertiary/aromatic N) is 4. The Balaban J connectivity index is 2.12. The van der Waals surface area contributed by atoms with E-state index in [0.29, 0.717) is 16.2 Å². The van der Waals surface area contributed by atoms with Crippen molar-refractivity contribution in [3.05, 3.63) is 40.7 Å². The lowest BCUT2D eigenvalue weighted by Gasteiger charge is -2.25. The van der Waals surface area contributed by atoms with Gasteiger partial charge in [0.15, 0.2) is 6.34 Å². The van der Waals surface area contributed by atoms with E-state index in [9.17, 15) is 13.2 Å². The smallest absolute Gasteiger partial charge is 0.328 e. The summed E-state index contributed by atoms with van der Waals surface area (Å²) in [5.74, 6) is 0.0340. The quantitative estimate of drug-likeness (QED) is 0.821. The predicted octanol–water partition coefficient (Wildman–Crippen LogP) is 3.53. The Morgan fingerprint density at radius 3 is 2.65 bits per heavy atom. The standard InChI is InChI=1S/C13H9Cl2F3N5/c14-10-4-2-1-3-8(10)9-5-19-12-21-7-22-23(12,15)11(9)20-6-13(16,17)18/h1-5,7,20H,6H2/q+1. The SMILES string of the molecule is FC(F)(F)CNC1=C(c2ccccc2Cl)C=NC2=NC=N[N+]21Cl. The van der Waals surface area contributed by atoms with Crippen molar-refractivity contribution in [2.75, 3.05) is 6.54 Å². The first-order valence-electron chi connectivity index (χ1n) is 6.37. The van der Waals surface area contributed by atoms with Crippen LogP contribution in [0.2, 0.25) is 5.02 Å². The van der Waals surface area contributed by atoms with Crippen LogP contribution in [0.4, 0.5) is 13.2 Å². The number of allylic oxidation sites excluding steroid dienone is 1. The maximum absolute atomic E-state index is 12.6. The molecule has 0 radical (unpaired) electrons. The van der Waals surface area contributed by atoms with Crippen molar-refractivity contribution in [2.24, 2.45) is 15.1 Å². The van der Waals surface area contributed by atoms with E-state index in [2.05, 4.69) is 20.4 Å². The normalized spacial score (nSPS) is 23.1. The van der Waals surface area contributed by atoms with Crippen molar-refractivity contribution in [3.8, 4) is 0 Å². The van der Waals surface area contributed by atoms with Gasteiger partial charge >= 0.3 is 12.1 Å². The monoisotopic (exact) mass is 362 g/mol. The molecule has 3 rings (SSSR count). The highest BCUT2D eigenvalue weighted by atomic mass is 35.5. The summed E-state index contributed by atoms with van der Waals surface area (Å²) in [6, 6.07) is 6.69. The van der Waals surface area contributed by atoms with Crippen LogP contribution in [-0.4, -0.2) is 35.3 Å². The van der Waals surface area contributed by atoms with Gasteiger partial charge in [-0.05, 0) is 11.2 Å². The van der Waals surface area contributed by atoms with Gasteiger partial charge in [0.2, 0.25) is 11.8 Å². The van der Waals surface area contributed by atoms with Crippen LogP contribution < -0.4 is 5.32 Å². The Bertz CT molecular complexity index is 769. The van der Waals surface area contributed by atoms with Crippen LogP contribution in [0, 0.1) is 0 Å². The van der Waals surface area contributed by atoms with Gasteiger partial charge in [-0.2, -0.15) is 23.2 Å². The van der Waals surface area contributed by atoms with E-state index in [-0.39, 0.29) is 11.8 Å². The lowest BCUT2D eigenvalue weighted by molar-refractivity contribution is -0.684. The molecule has 0 saturated carbocycles. The molecule has 2 aliphatic rings. The number of nitrogens with one attached hydrogen (secondary N) is 1. The lowest BCUT2D eigenvalue weighted by Crippen LogP contribution is -2.46. The number of hydrogen-bond donors (Lipinski definition) is 1. The number of benzene rings is 1. The Kier molecular flexibility index (Phi) is 3.91. The summed E-state index contributed by atoms with van der Waals surface area (Å²) in [6.45, 7) is -1.28. The number of halogens is 5. The van der Waals surface area contributed by atoms with Crippen LogP contribution >= 0.6 is 23.4 Å². The molecule has 2 aliphatic heterocycles. The number of guanidine groups is 1. The lowest BCUT2D eigenvalue weighted by atomic mass is 10.1. The first-order valence-corrected chi connectivity index (χ1v) is 7.08. The minimum atomic E-state index is -4.43. The molecule has 0 aliphatic carbocycles. The summed E-state index contributed by atoms with van der Waals surface area (Å²) >= 11 is 12.5. The van der Waals surface area contributed by atoms with E-state index in [0.717, 1.165) is 6.34 Å². The maximum Gasteiger partial charge on any atom is 0.405 e. The van der Waals surface area contributed by atoms with Crippen molar-refractivity contribution in [1.29, 1.82) is 0 Å². The number of rotatable bonds is 3. The van der Waals surface area contributed by atoms with E-state index in [4.69, 9.17) is 23.4 Å². The second kappa shape index (κ2) is 5.63. The third kappa shape index (κ3) is 2.97. The van der Waals surface area contributed by atoms with Crippen LogP contribution in [0.5, 0.6) is 0 Å². The Morgan fingerprint density at radius 1 is 1.22 bits per heavy atom. The molecular weight excluding hydrogens is 354 g/mol. The van der Waals surface area contributed by atoms with Crippen LogP contribution in [0.15, 0.2) is 45.2 Å². The summed E-state index contributed by atoms with van der Waals surface area (Å²) in [5, 5.41) is 6.56. The Morgan fingerprint density at radius 2 is 1.96 bits per heavy atom. The van der Waals surface area contributed by atoms with E-state index in [1.54, 1.807) is 24.3 Å². The van der Waals surface area contributed by atoms with Gasteiger partial charge in [0, 0.05) is 14.7 Å². The highest BCUT2D eigenvalue weighted by Crippen LogP contribution is 2.36. The zero-order valence-corrected chi connectivity index (χ0v) is 12.9. The van der Waals surface area contributed by atoms with E-state index < -0.39 is 16.8 Å². The molecule has 1 aromatic rings. The van der Waals surface area contributed by atoms with Crippen molar-refractivity contribution in [3.63, 3.8) is 0 Å². The predicted molar refractivity (Wildman–Crippen MR) is 83.0 cm³/mol. The fraction of sp³-hybridized carbons (Fsp3) is 0.154. The van der Waals surface area contributed by atoms with E-state index in [1.165, 1.54) is 6.21 Å². The van der Waals surface area contributed by atoms with Gasteiger partial charge in [-0.1, -0.05) is 29.8 Å². The number of fused-ring (bicyclic) bond motifs is 1. The molecule has 0 bridgehead atoms. The van der Waals surface area contributed by atoms with Gasteiger partial charge in [-0.15, -0.1) is 0 Å². The molecule has 0 fully saturated rings. The molecular formula is C13H9Cl2F3N5+. The van der Waals surface area contributed by atoms with Crippen LogP contribution in [-0.2, 0) is 0 Å².